The molecule has 0 spiro atoms. The van der Waals surface area contributed by atoms with Crippen LogP contribution in [0.3, 0.4) is 0 Å². The normalized spacial score (nSPS) is 12.3. The summed E-state index contributed by atoms with van der Waals surface area (Å²) in [6.07, 6.45) is 0. The molecule has 2 rings (SSSR count). The fourth-order valence-corrected chi connectivity index (χ4v) is 2.29. The number of hydrogen-bond donors (Lipinski definition) is 3. The molecule has 0 aliphatic heterocycles. The highest BCUT2D eigenvalue weighted by atomic mass is 32.1. The lowest BCUT2D eigenvalue weighted by Crippen LogP contribution is -2.31. The lowest BCUT2D eigenvalue weighted by molar-refractivity contribution is -0.140. The predicted molar refractivity (Wildman–Crippen MR) is 73.2 cm³/mol. The molecule has 0 radical (unpaired) electrons. The molecule has 1 unspecified atom stereocenters. The number of nitrogen functional groups attached to an aromatic ring is 1. The first-order valence-electron chi connectivity index (χ1n) is 5.64. The smallest absolute Gasteiger partial charge is 0.308 e. The van der Waals surface area contributed by atoms with Gasteiger partial charge in [0, 0.05) is 12.1 Å². The molecular formula is C12H13N3O3S. The summed E-state index contributed by atoms with van der Waals surface area (Å²) in [6.45, 7) is 1.63. The van der Waals surface area contributed by atoms with E-state index in [1.807, 2.05) is 0 Å². The zero-order valence-electron chi connectivity index (χ0n) is 10.2. The SMILES string of the molecule is CC(CNC(=O)c1ccc2nc(N)sc2c1)C(=O)O. The number of benzene rings is 1. The van der Waals surface area contributed by atoms with Gasteiger partial charge in [-0.2, -0.15) is 0 Å². The monoisotopic (exact) mass is 279 g/mol. The first-order valence-corrected chi connectivity index (χ1v) is 6.46. The number of amides is 1. The van der Waals surface area contributed by atoms with Crippen LogP contribution in [0.5, 0.6) is 0 Å². The first kappa shape index (κ1) is 13.3. The number of carbonyl (C=O) groups is 2. The molecule has 0 aliphatic carbocycles. The van der Waals surface area contributed by atoms with Gasteiger partial charge in [0.05, 0.1) is 16.1 Å². The zero-order valence-corrected chi connectivity index (χ0v) is 11.0. The summed E-state index contributed by atoms with van der Waals surface area (Å²) in [5, 5.41) is 11.8. The summed E-state index contributed by atoms with van der Waals surface area (Å²) in [6, 6.07) is 5.06. The second-order valence-corrected chi connectivity index (χ2v) is 5.25. The van der Waals surface area contributed by atoms with Crippen molar-refractivity contribution in [3.05, 3.63) is 23.8 Å². The number of aliphatic carboxylic acids is 1. The van der Waals surface area contributed by atoms with Gasteiger partial charge in [-0.1, -0.05) is 18.3 Å². The Morgan fingerprint density at radius 3 is 2.95 bits per heavy atom. The van der Waals surface area contributed by atoms with E-state index >= 15 is 0 Å². The van der Waals surface area contributed by atoms with Crippen LogP contribution >= 0.6 is 11.3 Å². The molecule has 0 bridgehead atoms. The molecule has 0 saturated heterocycles. The number of nitrogens with one attached hydrogen (secondary N) is 1. The van der Waals surface area contributed by atoms with E-state index in [1.54, 1.807) is 18.2 Å². The number of rotatable bonds is 4. The molecule has 4 N–H and O–H groups in total. The van der Waals surface area contributed by atoms with Crippen molar-refractivity contribution in [1.29, 1.82) is 0 Å². The van der Waals surface area contributed by atoms with Crippen LogP contribution in [-0.4, -0.2) is 28.5 Å². The van der Waals surface area contributed by atoms with Gasteiger partial charge in [-0.25, -0.2) is 4.98 Å². The number of hydrogen-bond acceptors (Lipinski definition) is 5. The maximum absolute atomic E-state index is 11.9. The largest absolute Gasteiger partial charge is 0.481 e. The van der Waals surface area contributed by atoms with E-state index in [0.29, 0.717) is 10.7 Å². The van der Waals surface area contributed by atoms with Gasteiger partial charge < -0.3 is 16.2 Å². The third-order valence-corrected chi connectivity index (χ3v) is 3.50. The van der Waals surface area contributed by atoms with Crippen molar-refractivity contribution in [2.24, 2.45) is 5.92 Å². The number of nitrogens with two attached hydrogens (primary N) is 1. The number of aromatic nitrogens is 1. The quantitative estimate of drug-likeness (QED) is 0.783. The molecule has 1 heterocycles. The summed E-state index contributed by atoms with van der Waals surface area (Å²) in [4.78, 5) is 26.6. The fraction of sp³-hybridized carbons (Fsp3) is 0.250. The Labute approximate surface area is 113 Å². The predicted octanol–water partition coefficient (Wildman–Crippen LogP) is 1.33. The Morgan fingerprint density at radius 2 is 2.26 bits per heavy atom. The minimum atomic E-state index is -0.939. The van der Waals surface area contributed by atoms with Crippen LogP contribution in [0.15, 0.2) is 18.2 Å². The minimum absolute atomic E-state index is 0.0943. The van der Waals surface area contributed by atoms with Crippen molar-refractivity contribution in [3.63, 3.8) is 0 Å². The lowest BCUT2D eigenvalue weighted by atomic mass is 10.1. The van der Waals surface area contributed by atoms with E-state index in [2.05, 4.69) is 10.3 Å². The molecule has 0 aliphatic rings. The van der Waals surface area contributed by atoms with Gasteiger partial charge in [-0.05, 0) is 18.2 Å². The standard InChI is InChI=1S/C12H13N3O3S/c1-6(11(17)18)5-14-10(16)7-2-3-8-9(4-7)19-12(13)15-8/h2-4,6H,5H2,1H3,(H2,13,15)(H,14,16)(H,17,18). The van der Waals surface area contributed by atoms with Crippen LogP contribution in [0.4, 0.5) is 5.13 Å². The summed E-state index contributed by atoms with van der Waals surface area (Å²) in [5.74, 6) is -1.86. The average Bonchev–Trinajstić information content (AvgIpc) is 2.74. The summed E-state index contributed by atoms with van der Waals surface area (Å²) >= 11 is 1.31. The number of carboxylic acids is 1. The Kier molecular flexibility index (Phi) is 3.66. The second kappa shape index (κ2) is 5.23. The van der Waals surface area contributed by atoms with Crippen molar-refractivity contribution in [2.75, 3.05) is 12.3 Å². The number of carbonyl (C=O) groups excluding carboxylic acids is 1. The van der Waals surface area contributed by atoms with E-state index in [4.69, 9.17) is 10.8 Å². The molecular weight excluding hydrogens is 266 g/mol. The topological polar surface area (TPSA) is 105 Å². The molecule has 0 fully saturated rings. The maximum Gasteiger partial charge on any atom is 0.308 e. The molecule has 1 amide bonds. The van der Waals surface area contributed by atoms with E-state index in [1.165, 1.54) is 18.3 Å². The van der Waals surface area contributed by atoms with Crippen LogP contribution in [0.2, 0.25) is 0 Å². The van der Waals surface area contributed by atoms with Crippen molar-refractivity contribution < 1.29 is 14.7 Å². The van der Waals surface area contributed by atoms with Crippen LogP contribution in [-0.2, 0) is 4.79 Å². The van der Waals surface area contributed by atoms with Gasteiger partial charge in [0.2, 0.25) is 0 Å². The second-order valence-electron chi connectivity index (χ2n) is 4.18. The fourth-order valence-electron chi connectivity index (χ4n) is 1.52. The number of fused-ring (bicyclic) bond motifs is 1. The first-order chi connectivity index (χ1) is 8.97. The number of nitrogens with zero attached hydrogens (tertiary/aromatic N) is 1. The molecule has 19 heavy (non-hydrogen) atoms. The van der Waals surface area contributed by atoms with Crippen LogP contribution < -0.4 is 11.1 Å². The van der Waals surface area contributed by atoms with Gasteiger partial charge in [0.25, 0.3) is 5.91 Å². The van der Waals surface area contributed by atoms with Gasteiger partial charge in [0.1, 0.15) is 0 Å². The lowest BCUT2D eigenvalue weighted by Gasteiger charge is -2.08. The molecule has 1 aromatic carbocycles. The molecule has 6 nitrogen and oxygen atoms in total. The molecule has 0 saturated carbocycles. The van der Waals surface area contributed by atoms with E-state index < -0.39 is 11.9 Å². The average molecular weight is 279 g/mol. The molecule has 7 heteroatoms. The molecule has 2 aromatic rings. The van der Waals surface area contributed by atoms with Gasteiger partial charge in [0.15, 0.2) is 5.13 Å². The Bertz CT molecular complexity index is 638. The summed E-state index contributed by atoms with van der Waals surface area (Å²) < 4.78 is 0.830. The highest BCUT2D eigenvalue weighted by Crippen LogP contribution is 2.24. The van der Waals surface area contributed by atoms with Gasteiger partial charge in [-0.3, -0.25) is 9.59 Å². The van der Waals surface area contributed by atoms with Crippen molar-refractivity contribution in [3.8, 4) is 0 Å². The van der Waals surface area contributed by atoms with Crippen LogP contribution in [0.1, 0.15) is 17.3 Å². The Morgan fingerprint density at radius 1 is 1.53 bits per heavy atom. The third kappa shape index (κ3) is 3.00. The van der Waals surface area contributed by atoms with Crippen LogP contribution in [0, 0.1) is 5.92 Å². The van der Waals surface area contributed by atoms with E-state index in [-0.39, 0.29) is 12.5 Å². The van der Waals surface area contributed by atoms with Crippen molar-refractivity contribution in [1.82, 2.24) is 10.3 Å². The maximum atomic E-state index is 11.9. The number of anilines is 1. The van der Waals surface area contributed by atoms with Crippen molar-refractivity contribution >= 4 is 38.6 Å². The Balaban J connectivity index is 2.10. The van der Waals surface area contributed by atoms with E-state index in [9.17, 15) is 9.59 Å². The van der Waals surface area contributed by atoms with Gasteiger partial charge in [-0.15, -0.1) is 0 Å². The highest BCUT2D eigenvalue weighted by Gasteiger charge is 2.13. The van der Waals surface area contributed by atoms with Gasteiger partial charge >= 0.3 is 5.97 Å². The Hall–Kier alpha value is -2.15. The van der Waals surface area contributed by atoms with Crippen LogP contribution in [0.25, 0.3) is 10.2 Å². The molecule has 1 atom stereocenters. The minimum Gasteiger partial charge on any atom is -0.481 e. The summed E-state index contributed by atoms with van der Waals surface area (Å²) in [5.41, 5.74) is 6.80. The zero-order chi connectivity index (χ0) is 14.0. The molecule has 100 valence electrons. The number of thiazole rings is 1. The highest BCUT2D eigenvalue weighted by molar-refractivity contribution is 7.22. The number of carboxylic acid groups (broad SMARTS) is 1. The molecule has 1 aromatic heterocycles. The van der Waals surface area contributed by atoms with Crippen molar-refractivity contribution in [2.45, 2.75) is 6.92 Å². The summed E-state index contributed by atoms with van der Waals surface area (Å²) in [7, 11) is 0. The van der Waals surface area contributed by atoms with E-state index in [0.717, 1.165) is 10.2 Å². The third-order valence-electron chi connectivity index (χ3n) is 2.66.